The van der Waals surface area contributed by atoms with Gasteiger partial charge in [0, 0.05) is 12.1 Å². The number of nitro groups is 1. The Bertz CT molecular complexity index is 921. The van der Waals surface area contributed by atoms with E-state index in [9.17, 15) is 10.1 Å². The molecule has 0 aliphatic rings. The lowest BCUT2D eigenvalue weighted by Crippen LogP contribution is -1.85. The number of ether oxygens (including phenoxy) is 1. The summed E-state index contributed by atoms with van der Waals surface area (Å²) in [4.78, 5) is 14.9. The van der Waals surface area contributed by atoms with Crippen molar-refractivity contribution in [2.75, 3.05) is 7.11 Å². The Morgan fingerprint density at radius 1 is 1.26 bits per heavy atom. The molecule has 0 unspecified atom stereocenters. The summed E-state index contributed by atoms with van der Waals surface area (Å²) in [5.74, 6) is 0.773. The summed E-state index contributed by atoms with van der Waals surface area (Å²) in [6.45, 7) is 0. The van der Waals surface area contributed by atoms with Gasteiger partial charge < -0.3 is 4.74 Å². The highest BCUT2D eigenvalue weighted by Crippen LogP contribution is 2.29. The maximum atomic E-state index is 10.8. The van der Waals surface area contributed by atoms with Gasteiger partial charge in [0.1, 0.15) is 10.8 Å². The van der Waals surface area contributed by atoms with Gasteiger partial charge in [0.05, 0.1) is 26.7 Å². The number of non-ortho nitro benzene ring substituents is 1. The van der Waals surface area contributed by atoms with E-state index in [1.807, 2.05) is 30.4 Å². The Morgan fingerprint density at radius 3 is 2.78 bits per heavy atom. The molecule has 0 aliphatic heterocycles. The number of nitrogens with zero attached hydrogens (tertiary/aromatic N) is 2. The van der Waals surface area contributed by atoms with Gasteiger partial charge in [-0.2, -0.15) is 0 Å². The van der Waals surface area contributed by atoms with Crippen LogP contribution in [0.5, 0.6) is 5.75 Å². The molecule has 0 spiro atoms. The second-order valence-corrected chi connectivity index (χ2v) is 6.61. The monoisotopic (exact) mass is 390 g/mol. The number of thiazole rings is 1. The summed E-state index contributed by atoms with van der Waals surface area (Å²) in [5, 5.41) is 11.6. The van der Waals surface area contributed by atoms with Crippen molar-refractivity contribution in [2.24, 2.45) is 0 Å². The summed E-state index contributed by atoms with van der Waals surface area (Å²) in [5.41, 5.74) is 1.84. The van der Waals surface area contributed by atoms with Crippen LogP contribution in [0, 0.1) is 10.1 Å². The smallest absolute Gasteiger partial charge is 0.270 e. The first-order valence-electron chi connectivity index (χ1n) is 6.63. The third kappa shape index (κ3) is 3.40. The van der Waals surface area contributed by atoms with Gasteiger partial charge in [0.15, 0.2) is 0 Å². The molecule has 0 saturated carbocycles. The molecule has 23 heavy (non-hydrogen) atoms. The van der Waals surface area contributed by atoms with Crippen LogP contribution < -0.4 is 4.74 Å². The fourth-order valence-electron chi connectivity index (χ4n) is 2.07. The first kappa shape index (κ1) is 15.6. The average molecular weight is 391 g/mol. The van der Waals surface area contributed by atoms with Crippen LogP contribution in [0.15, 0.2) is 40.9 Å². The Morgan fingerprint density at radius 2 is 2.09 bits per heavy atom. The Hall–Kier alpha value is -2.25. The van der Waals surface area contributed by atoms with E-state index in [4.69, 9.17) is 4.74 Å². The lowest BCUT2D eigenvalue weighted by Gasteiger charge is -2.03. The first-order chi connectivity index (χ1) is 11.1. The number of halogens is 1. The molecular formula is C16H11BrN2O3S. The molecule has 2 aromatic carbocycles. The van der Waals surface area contributed by atoms with Crippen LogP contribution >= 0.6 is 27.3 Å². The Balaban J connectivity index is 1.88. The van der Waals surface area contributed by atoms with Crippen LogP contribution in [-0.4, -0.2) is 17.0 Å². The van der Waals surface area contributed by atoms with Crippen molar-refractivity contribution in [2.45, 2.75) is 0 Å². The molecule has 1 aromatic heterocycles. The van der Waals surface area contributed by atoms with E-state index in [1.165, 1.54) is 17.4 Å². The highest BCUT2D eigenvalue weighted by molar-refractivity contribution is 9.10. The van der Waals surface area contributed by atoms with E-state index in [0.29, 0.717) is 0 Å². The molecule has 116 valence electrons. The minimum Gasteiger partial charge on any atom is -0.496 e. The van der Waals surface area contributed by atoms with Crippen molar-refractivity contribution in [1.29, 1.82) is 0 Å². The summed E-state index contributed by atoms with van der Waals surface area (Å²) in [7, 11) is 1.62. The lowest BCUT2D eigenvalue weighted by atomic mass is 10.2. The van der Waals surface area contributed by atoms with Gasteiger partial charge in [-0.25, -0.2) is 4.98 Å². The molecule has 0 amide bonds. The third-order valence-corrected chi connectivity index (χ3v) is 4.80. The van der Waals surface area contributed by atoms with Crippen LogP contribution in [0.3, 0.4) is 0 Å². The third-order valence-electron chi connectivity index (χ3n) is 3.19. The van der Waals surface area contributed by atoms with Crippen molar-refractivity contribution in [3.8, 4) is 5.75 Å². The minimum absolute atomic E-state index is 0.0794. The molecule has 0 bridgehead atoms. The fourth-order valence-corrected chi connectivity index (χ4v) is 3.53. The van der Waals surface area contributed by atoms with Crippen LogP contribution in [0.4, 0.5) is 5.69 Å². The number of rotatable bonds is 4. The largest absolute Gasteiger partial charge is 0.496 e. The van der Waals surface area contributed by atoms with E-state index in [-0.39, 0.29) is 5.69 Å². The molecule has 0 atom stereocenters. The van der Waals surface area contributed by atoms with E-state index < -0.39 is 4.92 Å². The summed E-state index contributed by atoms with van der Waals surface area (Å²) in [6.07, 6.45) is 3.83. The number of methoxy groups -OCH3 is 1. The van der Waals surface area contributed by atoms with Gasteiger partial charge in [0.25, 0.3) is 5.69 Å². The molecule has 3 aromatic rings. The van der Waals surface area contributed by atoms with Gasteiger partial charge in [-0.05, 0) is 45.8 Å². The second-order valence-electron chi connectivity index (χ2n) is 4.69. The molecule has 1 heterocycles. The van der Waals surface area contributed by atoms with Crippen molar-refractivity contribution in [1.82, 2.24) is 4.98 Å². The maximum absolute atomic E-state index is 10.8. The summed E-state index contributed by atoms with van der Waals surface area (Å²) in [6, 6.07) is 10.5. The SMILES string of the molecule is COc1ccc(/C=C/c2nc3ccc([N+](=O)[O-])cc3s2)cc1Br. The standard InChI is InChI=1S/C16H11BrN2O3S/c1-22-14-6-2-10(8-12(14)17)3-7-16-18-13-5-4-11(19(20)21)9-15(13)23-16/h2-9H,1H3/b7-3+. The van der Waals surface area contributed by atoms with Crippen molar-refractivity contribution in [3.05, 3.63) is 61.6 Å². The van der Waals surface area contributed by atoms with E-state index in [2.05, 4.69) is 20.9 Å². The van der Waals surface area contributed by atoms with E-state index in [1.54, 1.807) is 19.2 Å². The Kier molecular flexibility index (Phi) is 4.40. The average Bonchev–Trinajstić information content (AvgIpc) is 2.95. The number of fused-ring (bicyclic) bond motifs is 1. The van der Waals surface area contributed by atoms with Crippen LogP contribution in [-0.2, 0) is 0 Å². The van der Waals surface area contributed by atoms with E-state index in [0.717, 1.165) is 31.0 Å². The fraction of sp³-hybridized carbons (Fsp3) is 0.0625. The molecule has 0 radical (unpaired) electrons. The predicted molar refractivity (Wildman–Crippen MR) is 95.9 cm³/mol. The van der Waals surface area contributed by atoms with Crippen molar-refractivity contribution in [3.63, 3.8) is 0 Å². The molecule has 7 heteroatoms. The van der Waals surface area contributed by atoms with Gasteiger partial charge in [-0.1, -0.05) is 12.1 Å². The quantitative estimate of drug-likeness (QED) is 0.456. The van der Waals surface area contributed by atoms with Crippen LogP contribution in [0.2, 0.25) is 0 Å². The highest BCUT2D eigenvalue weighted by Gasteiger charge is 2.09. The van der Waals surface area contributed by atoms with Crippen molar-refractivity contribution >= 4 is 55.3 Å². The molecule has 0 saturated heterocycles. The zero-order valence-electron chi connectivity index (χ0n) is 12.0. The second kappa shape index (κ2) is 6.47. The van der Waals surface area contributed by atoms with Gasteiger partial charge >= 0.3 is 0 Å². The van der Waals surface area contributed by atoms with Crippen LogP contribution in [0.1, 0.15) is 10.6 Å². The number of hydrogen-bond donors (Lipinski definition) is 0. The van der Waals surface area contributed by atoms with E-state index >= 15 is 0 Å². The number of hydrogen-bond acceptors (Lipinski definition) is 5. The van der Waals surface area contributed by atoms with Gasteiger partial charge in [-0.3, -0.25) is 10.1 Å². The topological polar surface area (TPSA) is 65.3 Å². The molecule has 0 fully saturated rings. The van der Waals surface area contributed by atoms with Crippen LogP contribution in [0.25, 0.3) is 22.4 Å². The van der Waals surface area contributed by atoms with Crippen molar-refractivity contribution < 1.29 is 9.66 Å². The molecular weight excluding hydrogens is 380 g/mol. The van der Waals surface area contributed by atoms with Gasteiger partial charge in [-0.15, -0.1) is 11.3 Å². The number of nitro benzene ring substituents is 1. The van der Waals surface area contributed by atoms with Gasteiger partial charge in [0.2, 0.25) is 0 Å². The molecule has 5 nitrogen and oxygen atoms in total. The predicted octanol–water partition coefficient (Wildman–Crippen LogP) is 5.15. The molecule has 3 rings (SSSR count). The normalized spacial score (nSPS) is 11.2. The molecule has 0 aliphatic carbocycles. The summed E-state index contributed by atoms with van der Waals surface area (Å²) >= 11 is 4.87. The number of aromatic nitrogens is 1. The number of benzene rings is 2. The lowest BCUT2D eigenvalue weighted by molar-refractivity contribution is -0.384. The highest BCUT2D eigenvalue weighted by atomic mass is 79.9. The minimum atomic E-state index is -0.399. The zero-order valence-corrected chi connectivity index (χ0v) is 14.4. The molecule has 0 N–H and O–H groups in total. The summed E-state index contributed by atoms with van der Waals surface area (Å²) < 4.78 is 6.87. The zero-order chi connectivity index (χ0) is 16.4. The maximum Gasteiger partial charge on any atom is 0.270 e. The first-order valence-corrected chi connectivity index (χ1v) is 8.24. The Labute approximate surface area is 144 Å².